The number of anilines is 1. The van der Waals surface area contributed by atoms with Gasteiger partial charge in [-0.15, -0.1) is 0 Å². The molecule has 0 aliphatic rings. The summed E-state index contributed by atoms with van der Waals surface area (Å²) in [5, 5.41) is 10.8. The standard InChI is InChI=1S/C20H23N5O2/c1-20(2,26)7-5-14-11-15-16(17-6-8-22-19(21)24-17)13-25(9-4-10-27-3)18(15)12-23-14/h6,8,11-13,26H,4,9-10H2,1-3H3,(H2,21,22,24). The average Bonchev–Trinajstić information content (AvgIpc) is 2.98. The van der Waals surface area contributed by atoms with Crippen LogP contribution in [0.2, 0.25) is 0 Å². The number of rotatable bonds is 5. The van der Waals surface area contributed by atoms with Gasteiger partial charge in [-0.2, -0.15) is 0 Å². The van der Waals surface area contributed by atoms with E-state index in [1.54, 1.807) is 33.4 Å². The maximum absolute atomic E-state index is 9.83. The Balaban J connectivity index is 2.11. The Bertz CT molecular complexity index is 1010. The third-order valence-corrected chi connectivity index (χ3v) is 3.96. The van der Waals surface area contributed by atoms with Gasteiger partial charge in [0.25, 0.3) is 0 Å². The molecule has 7 heteroatoms. The van der Waals surface area contributed by atoms with Crippen LogP contribution in [-0.2, 0) is 11.3 Å². The van der Waals surface area contributed by atoms with Crippen LogP contribution in [0.5, 0.6) is 0 Å². The zero-order chi connectivity index (χ0) is 19.4. The van der Waals surface area contributed by atoms with E-state index in [9.17, 15) is 5.11 Å². The molecule has 0 amide bonds. The largest absolute Gasteiger partial charge is 0.385 e. The number of fused-ring (bicyclic) bond motifs is 1. The zero-order valence-corrected chi connectivity index (χ0v) is 15.7. The Kier molecular flexibility index (Phi) is 5.40. The molecule has 0 spiro atoms. The second kappa shape index (κ2) is 7.74. The fourth-order valence-electron chi connectivity index (χ4n) is 2.77. The molecule has 0 saturated carbocycles. The minimum Gasteiger partial charge on any atom is -0.385 e. The van der Waals surface area contributed by atoms with Crippen molar-refractivity contribution in [2.24, 2.45) is 0 Å². The number of aryl methyl sites for hydroxylation is 1. The fourth-order valence-corrected chi connectivity index (χ4v) is 2.77. The monoisotopic (exact) mass is 365 g/mol. The molecular weight excluding hydrogens is 342 g/mol. The highest BCUT2D eigenvalue weighted by molar-refractivity contribution is 5.95. The van der Waals surface area contributed by atoms with Crippen LogP contribution < -0.4 is 5.73 Å². The summed E-state index contributed by atoms with van der Waals surface area (Å²) in [5.41, 5.74) is 7.93. The lowest BCUT2D eigenvalue weighted by atomic mass is 10.1. The average molecular weight is 365 g/mol. The van der Waals surface area contributed by atoms with Crippen molar-refractivity contribution >= 4 is 16.9 Å². The molecule has 3 aromatic heterocycles. The molecule has 7 nitrogen and oxygen atoms in total. The highest BCUT2D eigenvalue weighted by atomic mass is 16.5. The van der Waals surface area contributed by atoms with E-state index in [1.165, 1.54) is 0 Å². The quantitative estimate of drug-likeness (QED) is 0.531. The van der Waals surface area contributed by atoms with E-state index in [0.717, 1.165) is 35.1 Å². The molecule has 0 aliphatic heterocycles. The number of pyridine rings is 1. The molecule has 27 heavy (non-hydrogen) atoms. The smallest absolute Gasteiger partial charge is 0.220 e. The first-order valence-electron chi connectivity index (χ1n) is 8.69. The molecule has 3 aromatic rings. The molecule has 0 saturated heterocycles. The summed E-state index contributed by atoms with van der Waals surface area (Å²) in [4.78, 5) is 12.7. The normalized spacial score (nSPS) is 11.4. The van der Waals surface area contributed by atoms with E-state index < -0.39 is 5.60 Å². The van der Waals surface area contributed by atoms with Crippen LogP contribution in [0.4, 0.5) is 5.95 Å². The van der Waals surface area contributed by atoms with Crippen LogP contribution in [0, 0.1) is 11.8 Å². The van der Waals surface area contributed by atoms with E-state index >= 15 is 0 Å². The number of aromatic nitrogens is 4. The maximum Gasteiger partial charge on any atom is 0.220 e. The van der Waals surface area contributed by atoms with Gasteiger partial charge in [-0.05, 0) is 38.3 Å². The summed E-state index contributed by atoms with van der Waals surface area (Å²) >= 11 is 0. The number of aliphatic hydroxyl groups is 1. The molecule has 0 aromatic carbocycles. The summed E-state index contributed by atoms with van der Waals surface area (Å²) in [6, 6.07) is 3.74. The van der Waals surface area contributed by atoms with Gasteiger partial charge in [-0.3, -0.25) is 0 Å². The van der Waals surface area contributed by atoms with Crippen molar-refractivity contribution in [3.8, 4) is 23.1 Å². The van der Waals surface area contributed by atoms with Crippen molar-refractivity contribution in [3.05, 3.63) is 36.4 Å². The van der Waals surface area contributed by atoms with Crippen LogP contribution in [0.25, 0.3) is 22.2 Å². The van der Waals surface area contributed by atoms with Gasteiger partial charge in [0.2, 0.25) is 5.95 Å². The Morgan fingerprint density at radius 2 is 2.15 bits per heavy atom. The fraction of sp³-hybridized carbons (Fsp3) is 0.350. The predicted octanol–water partition coefficient (Wildman–Crippen LogP) is 2.23. The highest BCUT2D eigenvalue weighted by Gasteiger charge is 2.13. The lowest BCUT2D eigenvalue weighted by Gasteiger charge is -2.06. The number of nitrogen functional groups attached to an aromatic ring is 1. The number of hydrogen-bond acceptors (Lipinski definition) is 6. The number of hydrogen-bond donors (Lipinski definition) is 2. The first-order chi connectivity index (χ1) is 12.9. The van der Waals surface area contributed by atoms with Gasteiger partial charge in [-0.25, -0.2) is 15.0 Å². The van der Waals surface area contributed by atoms with E-state index in [0.29, 0.717) is 12.3 Å². The van der Waals surface area contributed by atoms with Crippen LogP contribution in [0.3, 0.4) is 0 Å². The van der Waals surface area contributed by atoms with Crippen molar-refractivity contribution in [3.63, 3.8) is 0 Å². The number of nitrogens with two attached hydrogens (primary N) is 1. The van der Waals surface area contributed by atoms with Gasteiger partial charge in [0, 0.05) is 43.6 Å². The van der Waals surface area contributed by atoms with Crippen molar-refractivity contribution in [2.45, 2.75) is 32.4 Å². The molecular formula is C20H23N5O2. The molecule has 3 heterocycles. The third kappa shape index (κ3) is 4.61. The van der Waals surface area contributed by atoms with Gasteiger partial charge in [0.05, 0.1) is 17.4 Å². The van der Waals surface area contributed by atoms with Gasteiger partial charge < -0.3 is 20.1 Å². The van der Waals surface area contributed by atoms with Gasteiger partial charge in [-0.1, -0.05) is 5.92 Å². The molecule has 0 bridgehead atoms. The number of ether oxygens (including phenoxy) is 1. The first-order valence-corrected chi connectivity index (χ1v) is 8.69. The van der Waals surface area contributed by atoms with E-state index in [4.69, 9.17) is 10.5 Å². The summed E-state index contributed by atoms with van der Waals surface area (Å²) in [6.07, 6.45) is 6.36. The number of nitrogens with zero attached hydrogens (tertiary/aromatic N) is 4. The molecule has 140 valence electrons. The Morgan fingerprint density at radius 3 is 2.85 bits per heavy atom. The van der Waals surface area contributed by atoms with Crippen LogP contribution in [0.15, 0.2) is 30.7 Å². The first kappa shape index (κ1) is 18.8. The van der Waals surface area contributed by atoms with Gasteiger partial charge >= 0.3 is 0 Å². The van der Waals surface area contributed by atoms with Crippen molar-refractivity contribution in [1.82, 2.24) is 19.5 Å². The Hall–Kier alpha value is -2.95. The molecule has 0 fully saturated rings. The third-order valence-electron chi connectivity index (χ3n) is 3.96. The second-order valence-electron chi connectivity index (χ2n) is 6.78. The second-order valence-corrected chi connectivity index (χ2v) is 6.78. The number of methoxy groups -OCH3 is 1. The topological polar surface area (TPSA) is 99.1 Å². The molecule has 0 radical (unpaired) electrons. The predicted molar refractivity (Wildman–Crippen MR) is 105 cm³/mol. The minimum absolute atomic E-state index is 0.226. The summed E-state index contributed by atoms with van der Waals surface area (Å²) in [6.45, 7) is 4.75. The van der Waals surface area contributed by atoms with Gasteiger partial charge in [0.1, 0.15) is 11.3 Å². The van der Waals surface area contributed by atoms with Crippen molar-refractivity contribution in [2.75, 3.05) is 19.5 Å². The lowest BCUT2D eigenvalue weighted by Crippen LogP contribution is -2.14. The molecule has 0 atom stereocenters. The Morgan fingerprint density at radius 1 is 1.33 bits per heavy atom. The maximum atomic E-state index is 9.83. The highest BCUT2D eigenvalue weighted by Crippen LogP contribution is 2.30. The van der Waals surface area contributed by atoms with E-state index in [1.807, 2.05) is 18.3 Å². The van der Waals surface area contributed by atoms with Crippen LogP contribution >= 0.6 is 0 Å². The van der Waals surface area contributed by atoms with Crippen molar-refractivity contribution < 1.29 is 9.84 Å². The SMILES string of the molecule is COCCCn1cc(-c2ccnc(N)n2)c2cc(C#CC(C)(C)O)ncc21. The van der Waals surface area contributed by atoms with Crippen LogP contribution in [-0.4, -0.2) is 43.9 Å². The molecule has 3 N–H and O–H groups in total. The summed E-state index contributed by atoms with van der Waals surface area (Å²) in [7, 11) is 1.69. The Labute approximate surface area is 158 Å². The van der Waals surface area contributed by atoms with E-state index in [2.05, 4.69) is 31.4 Å². The molecule has 3 rings (SSSR count). The van der Waals surface area contributed by atoms with Crippen molar-refractivity contribution in [1.29, 1.82) is 0 Å². The minimum atomic E-state index is -1.08. The zero-order valence-electron chi connectivity index (χ0n) is 15.7. The van der Waals surface area contributed by atoms with Gasteiger partial charge in [0.15, 0.2) is 0 Å². The molecule has 0 unspecified atom stereocenters. The summed E-state index contributed by atoms with van der Waals surface area (Å²) in [5.74, 6) is 5.95. The summed E-state index contributed by atoms with van der Waals surface area (Å²) < 4.78 is 7.28. The van der Waals surface area contributed by atoms with E-state index in [-0.39, 0.29) is 5.95 Å². The van der Waals surface area contributed by atoms with Crippen LogP contribution in [0.1, 0.15) is 26.0 Å². The lowest BCUT2D eigenvalue weighted by molar-refractivity contribution is 0.143. The molecule has 0 aliphatic carbocycles.